The molecule has 2 aliphatic rings. The lowest BCUT2D eigenvalue weighted by atomic mass is 9.78. The molecule has 5 rings (SSSR count). The number of aromatic amines is 1. The van der Waals surface area contributed by atoms with Crippen LogP contribution in [0, 0.1) is 0 Å². The predicted octanol–water partition coefficient (Wildman–Crippen LogP) is 4.89. The molecule has 0 bridgehead atoms. The number of imidazole rings is 1. The summed E-state index contributed by atoms with van der Waals surface area (Å²) in [6.07, 6.45) is 8.70. The van der Waals surface area contributed by atoms with Gasteiger partial charge in [0.15, 0.2) is 0 Å². The highest BCUT2D eigenvalue weighted by atomic mass is 32.1. The average Bonchev–Trinajstić information content (AvgIpc) is 3.36. The smallest absolute Gasteiger partial charge is 0.306 e. The number of aromatic nitrogens is 2. The van der Waals surface area contributed by atoms with Crippen molar-refractivity contribution < 1.29 is 0 Å². The fourth-order valence-electron chi connectivity index (χ4n) is 5.39. The standard InChI is InChI=1S/C22H27N3OS/c26-21-23-18-7-2-3-8-19(18)25(21)17-10-14-24(15-11-17)22(12-4-1-5-13-22)20-9-6-16-27-20/h2-3,6-9,16-17H,1,4-5,10-15H2,(H,23,26). The zero-order chi connectivity index (χ0) is 18.3. The van der Waals surface area contributed by atoms with Crippen LogP contribution < -0.4 is 5.69 Å². The Bertz CT molecular complexity index is 957. The number of thiophene rings is 1. The van der Waals surface area contributed by atoms with Gasteiger partial charge in [0, 0.05) is 24.0 Å². The van der Waals surface area contributed by atoms with Crippen molar-refractivity contribution in [3.63, 3.8) is 0 Å². The second-order valence-corrected chi connectivity index (χ2v) is 9.05. The number of hydrogen-bond donors (Lipinski definition) is 1. The van der Waals surface area contributed by atoms with E-state index < -0.39 is 0 Å². The number of piperidine rings is 1. The largest absolute Gasteiger partial charge is 0.326 e. The minimum absolute atomic E-state index is 0.0419. The van der Waals surface area contributed by atoms with Gasteiger partial charge in [-0.05, 0) is 49.3 Å². The molecule has 142 valence electrons. The van der Waals surface area contributed by atoms with Gasteiger partial charge in [0.2, 0.25) is 0 Å². The van der Waals surface area contributed by atoms with Gasteiger partial charge in [0.05, 0.1) is 16.6 Å². The summed E-state index contributed by atoms with van der Waals surface area (Å²) in [7, 11) is 0. The second kappa shape index (κ2) is 6.95. The van der Waals surface area contributed by atoms with Gasteiger partial charge in [-0.15, -0.1) is 11.3 Å². The Hall–Kier alpha value is -1.85. The molecule has 1 aliphatic carbocycles. The Kier molecular flexibility index (Phi) is 4.44. The normalized spacial score (nSPS) is 21.6. The number of fused-ring (bicyclic) bond motifs is 1. The fourth-order valence-corrected chi connectivity index (χ4v) is 6.40. The highest BCUT2D eigenvalue weighted by Crippen LogP contribution is 2.46. The fraction of sp³-hybridized carbons (Fsp3) is 0.500. The second-order valence-electron chi connectivity index (χ2n) is 8.11. The van der Waals surface area contributed by atoms with Crippen molar-refractivity contribution >= 4 is 22.4 Å². The summed E-state index contributed by atoms with van der Waals surface area (Å²) in [5, 5.41) is 2.23. The number of nitrogens with zero attached hydrogens (tertiary/aromatic N) is 2. The van der Waals surface area contributed by atoms with Gasteiger partial charge in [-0.1, -0.05) is 37.5 Å². The number of hydrogen-bond acceptors (Lipinski definition) is 3. The molecule has 27 heavy (non-hydrogen) atoms. The summed E-state index contributed by atoms with van der Waals surface area (Å²) in [6.45, 7) is 2.16. The van der Waals surface area contributed by atoms with Crippen LogP contribution >= 0.6 is 11.3 Å². The van der Waals surface area contributed by atoms with Gasteiger partial charge in [0.25, 0.3) is 0 Å². The number of nitrogens with one attached hydrogen (secondary N) is 1. The molecule has 3 aromatic rings. The molecule has 3 heterocycles. The van der Waals surface area contributed by atoms with Crippen molar-refractivity contribution in [3.8, 4) is 0 Å². The Labute approximate surface area is 163 Å². The first-order valence-corrected chi connectivity index (χ1v) is 11.1. The Morgan fingerprint density at radius 2 is 1.78 bits per heavy atom. The van der Waals surface area contributed by atoms with E-state index in [1.807, 2.05) is 34.1 Å². The van der Waals surface area contributed by atoms with Crippen LogP contribution in [0.5, 0.6) is 0 Å². The first kappa shape index (κ1) is 17.3. The highest BCUT2D eigenvalue weighted by molar-refractivity contribution is 7.10. The molecule has 1 aromatic carbocycles. The van der Waals surface area contributed by atoms with E-state index in [4.69, 9.17) is 0 Å². The van der Waals surface area contributed by atoms with E-state index in [-0.39, 0.29) is 11.2 Å². The lowest BCUT2D eigenvalue weighted by molar-refractivity contribution is 0.0215. The van der Waals surface area contributed by atoms with Crippen LogP contribution in [-0.4, -0.2) is 27.5 Å². The van der Waals surface area contributed by atoms with Crippen LogP contribution in [0.15, 0.2) is 46.6 Å². The van der Waals surface area contributed by atoms with Gasteiger partial charge < -0.3 is 4.98 Å². The van der Waals surface area contributed by atoms with Crippen LogP contribution in [0.1, 0.15) is 55.9 Å². The quantitative estimate of drug-likeness (QED) is 0.702. The summed E-state index contributed by atoms with van der Waals surface area (Å²) >= 11 is 1.92. The molecular weight excluding hydrogens is 354 g/mol. The summed E-state index contributed by atoms with van der Waals surface area (Å²) in [5.74, 6) is 0. The summed E-state index contributed by atoms with van der Waals surface area (Å²) in [4.78, 5) is 19.9. The molecule has 0 unspecified atom stereocenters. The molecule has 1 aliphatic heterocycles. The van der Waals surface area contributed by atoms with Gasteiger partial charge in [-0.2, -0.15) is 0 Å². The van der Waals surface area contributed by atoms with Crippen molar-refractivity contribution in [3.05, 3.63) is 57.1 Å². The molecule has 0 spiro atoms. The van der Waals surface area contributed by atoms with E-state index in [0.29, 0.717) is 6.04 Å². The Balaban J connectivity index is 1.41. The molecule has 2 fully saturated rings. The van der Waals surface area contributed by atoms with Crippen LogP contribution in [-0.2, 0) is 5.54 Å². The third-order valence-corrected chi connectivity index (χ3v) is 7.78. The van der Waals surface area contributed by atoms with Crippen LogP contribution in [0.2, 0.25) is 0 Å². The summed E-state index contributed by atoms with van der Waals surface area (Å²) in [6, 6.07) is 12.9. The predicted molar refractivity (Wildman–Crippen MR) is 111 cm³/mol. The maximum absolute atomic E-state index is 12.6. The zero-order valence-electron chi connectivity index (χ0n) is 15.7. The van der Waals surface area contributed by atoms with Crippen molar-refractivity contribution in [1.82, 2.24) is 14.5 Å². The topological polar surface area (TPSA) is 41.0 Å². The first-order valence-electron chi connectivity index (χ1n) is 10.3. The maximum atomic E-state index is 12.6. The summed E-state index contributed by atoms with van der Waals surface area (Å²) in [5.41, 5.74) is 2.28. The molecular formula is C22H27N3OS. The number of likely N-dealkylation sites (tertiary alicyclic amines) is 1. The number of H-pyrrole nitrogens is 1. The summed E-state index contributed by atoms with van der Waals surface area (Å²) < 4.78 is 2.01. The Morgan fingerprint density at radius 3 is 2.52 bits per heavy atom. The third-order valence-electron chi connectivity index (χ3n) is 6.72. The van der Waals surface area contributed by atoms with Crippen LogP contribution in [0.25, 0.3) is 11.0 Å². The highest BCUT2D eigenvalue weighted by Gasteiger charge is 2.42. The average molecular weight is 382 g/mol. The monoisotopic (exact) mass is 381 g/mol. The molecule has 0 atom stereocenters. The van der Waals surface area contributed by atoms with Gasteiger partial charge in [0.1, 0.15) is 0 Å². The molecule has 4 nitrogen and oxygen atoms in total. The zero-order valence-corrected chi connectivity index (χ0v) is 16.5. The number of rotatable bonds is 3. The molecule has 2 aromatic heterocycles. The van der Waals surface area contributed by atoms with Gasteiger partial charge in [-0.25, -0.2) is 4.79 Å². The van der Waals surface area contributed by atoms with E-state index in [0.717, 1.165) is 37.0 Å². The van der Waals surface area contributed by atoms with Gasteiger partial charge >= 0.3 is 5.69 Å². The van der Waals surface area contributed by atoms with Crippen molar-refractivity contribution in [2.24, 2.45) is 0 Å². The molecule has 0 amide bonds. The third kappa shape index (κ3) is 2.88. The van der Waals surface area contributed by atoms with E-state index in [9.17, 15) is 4.79 Å². The lowest BCUT2D eigenvalue weighted by Crippen LogP contribution is -2.51. The van der Waals surface area contributed by atoms with Crippen molar-refractivity contribution in [1.29, 1.82) is 0 Å². The van der Waals surface area contributed by atoms with E-state index in [1.165, 1.54) is 32.1 Å². The van der Waals surface area contributed by atoms with E-state index in [2.05, 4.69) is 33.5 Å². The first-order chi connectivity index (χ1) is 13.3. The van der Waals surface area contributed by atoms with Crippen molar-refractivity contribution in [2.75, 3.05) is 13.1 Å². The number of para-hydroxylation sites is 2. The van der Waals surface area contributed by atoms with E-state index in [1.54, 1.807) is 4.88 Å². The van der Waals surface area contributed by atoms with Crippen LogP contribution in [0.3, 0.4) is 0 Å². The van der Waals surface area contributed by atoms with Crippen LogP contribution in [0.4, 0.5) is 0 Å². The molecule has 0 radical (unpaired) electrons. The lowest BCUT2D eigenvalue weighted by Gasteiger charge is -2.49. The molecule has 1 saturated carbocycles. The minimum Gasteiger partial charge on any atom is -0.306 e. The molecule has 5 heteroatoms. The van der Waals surface area contributed by atoms with Crippen molar-refractivity contribution in [2.45, 2.75) is 56.5 Å². The van der Waals surface area contributed by atoms with Gasteiger partial charge in [-0.3, -0.25) is 9.47 Å². The molecule has 1 N–H and O–H groups in total. The number of benzene rings is 1. The van der Waals surface area contributed by atoms with E-state index >= 15 is 0 Å². The maximum Gasteiger partial charge on any atom is 0.326 e. The molecule has 1 saturated heterocycles. The Morgan fingerprint density at radius 1 is 1.00 bits per heavy atom. The minimum atomic E-state index is 0.0419. The SMILES string of the molecule is O=c1[nH]c2ccccc2n1C1CCN(C2(c3cccs3)CCCCC2)CC1.